The van der Waals surface area contributed by atoms with Crippen molar-refractivity contribution < 1.29 is 28.3 Å². The van der Waals surface area contributed by atoms with Gasteiger partial charge in [-0.25, -0.2) is 14.2 Å². The summed E-state index contributed by atoms with van der Waals surface area (Å²) in [7, 11) is 1.59. The molecule has 1 atom stereocenters. The number of amides is 1. The quantitative estimate of drug-likeness (QED) is 0.685. The van der Waals surface area contributed by atoms with Crippen LogP contribution in [0.1, 0.15) is 31.6 Å². The predicted octanol–water partition coefficient (Wildman–Crippen LogP) is 2.10. The maximum absolute atomic E-state index is 12.9. The van der Waals surface area contributed by atoms with E-state index in [0.29, 0.717) is 37.3 Å². The van der Waals surface area contributed by atoms with E-state index < -0.39 is 11.8 Å². The Kier molecular flexibility index (Phi) is 6.65. The normalized spacial score (nSPS) is 16.7. The molecule has 1 unspecified atom stereocenters. The third-order valence-corrected chi connectivity index (χ3v) is 4.60. The Hall–Kier alpha value is -3.14. The van der Waals surface area contributed by atoms with Crippen LogP contribution in [0.5, 0.6) is 0 Å². The standard InChI is InChI=1S/C19H21FN4O5/c1-28-10-11-2-4-13(19(26)27)15(8-11)22-16(25)6-7-17-23-18(24-29-17)14-5-3-12(20)9-21-14/h3,5,9,11H,2,4,6-8,10H2,1H3,(H,22,25)(H,26,27). The van der Waals surface area contributed by atoms with Gasteiger partial charge in [-0.2, -0.15) is 4.98 Å². The van der Waals surface area contributed by atoms with Crippen molar-refractivity contribution in [2.24, 2.45) is 5.92 Å². The second-order valence-electron chi connectivity index (χ2n) is 6.75. The number of pyridine rings is 1. The molecule has 0 spiro atoms. The lowest BCUT2D eigenvalue weighted by atomic mass is 9.87. The van der Waals surface area contributed by atoms with Crippen LogP contribution in [0.25, 0.3) is 11.5 Å². The summed E-state index contributed by atoms with van der Waals surface area (Å²) in [6.07, 6.45) is 2.81. The maximum Gasteiger partial charge on any atom is 0.333 e. The topological polar surface area (TPSA) is 127 Å². The molecule has 0 fully saturated rings. The highest BCUT2D eigenvalue weighted by Crippen LogP contribution is 2.28. The minimum absolute atomic E-state index is 0.0455. The monoisotopic (exact) mass is 404 g/mol. The number of ether oxygens (including phenoxy) is 1. The smallest absolute Gasteiger partial charge is 0.333 e. The van der Waals surface area contributed by atoms with Gasteiger partial charge in [-0.3, -0.25) is 4.79 Å². The molecule has 0 radical (unpaired) electrons. The van der Waals surface area contributed by atoms with Gasteiger partial charge in [0.1, 0.15) is 11.5 Å². The van der Waals surface area contributed by atoms with Gasteiger partial charge < -0.3 is 19.7 Å². The van der Waals surface area contributed by atoms with E-state index in [1.165, 1.54) is 12.1 Å². The summed E-state index contributed by atoms with van der Waals surface area (Å²) < 4.78 is 23.2. The maximum atomic E-state index is 12.9. The third-order valence-electron chi connectivity index (χ3n) is 4.60. The number of nitrogens with zero attached hydrogens (tertiary/aromatic N) is 3. The molecule has 0 aliphatic heterocycles. The summed E-state index contributed by atoms with van der Waals surface area (Å²) in [4.78, 5) is 31.8. The zero-order valence-electron chi connectivity index (χ0n) is 15.9. The van der Waals surface area contributed by atoms with Crippen LogP contribution >= 0.6 is 0 Å². The highest BCUT2D eigenvalue weighted by Gasteiger charge is 2.26. The average molecular weight is 404 g/mol. The SMILES string of the molecule is COCC1CCC(C(=O)O)=C(NC(=O)CCc2nc(-c3ccc(F)cn3)no2)C1. The minimum Gasteiger partial charge on any atom is -0.478 e. The van der Waals surface area contributed by atoms with Crippen molar-refractivity contribution in [2.75, 3.05) is 13.7 Å². The second-order valence-corrected chi connectivity index (χ2v) is 6.75. The molecule has 3 rings (SSSR count). The minimum atomic E-state index is -1.02. The Balaban J connectivity index is 1.59. The molecule has 0 saturated carbocycles. The summed E-state index contributed by atoms with van der Waals surface area (Å²) in [6.45, 7) is 0.508. The van der Waals surface area contributed by atoms with Gasteiger partial charge in [-0.05, 0) is 37.3 Å². The van der Waals surface area contributed by atoms with Crippen LogP contribution in [0, 0.1) is 11.7 Å². The van der Waals surface area contributed by atoms with Crippen LogP contribution in [-0.2, 0) is 20.7 Å². The Morgan fingerprint density at radius 2 is 2.24 bits per heavy atom. The number of carboxylic acid groups (broad SMARTS) is 1. The van der Waals surface area contributed by atoms with Crippen LogP contribution in [0.3, 0.4) is 0 Å². The molecule has 29 heavy (non-hydrogen) atoms. The largest absolute Gasteiger partial charge is 0.478 e. The van der Waals surface area contributed by atoms with Crippen LogP contribution < -0.4 is 5.32 Å². The van der Waals surface area contributed by atoms with Crippen LogP contribution in [0.4, 0.5) is 4.39 Å². The predicted molar refractivity (Wildman–Crippen MR) is 97.8 cm³/mol. The Morgan fingerprint density at radius 1 is 1.41 bits per heavy atom. The van der Waals surface area contributed by atoms with Crippen molar-refractivity contribution >= 4 is 11.9 Å². The molecule has 1 aliphatic rings. The first kappa shape index (κ1) is 20.6. The Labute approximate surface area is 166 Å². The highest BCUT2D eigenvalue weighted by molar-refractivity contribution is 5.89. The van der Waals surface area contributed by atoms with Crippen molar-refractivity contribution in [2.45, 2.75) is 32.1 Å². The molecule has 9 nitrogen and oxygen atoms in total. The lowest BCUT2D eigenvalue weighted by Crippen LogP contribution is -2.30. The van der Waals surface area contributed by atoms with Crippen molar-refractivity contribution in [3.63, 3.8) is 0 Å². The molecule has 2 heterocycles. The lowest BCUT2D eigenvalue weighted by molar-refractivity contribution is -0.133. The van der Waals surface area contributed by atoms with Gasteiger partial charge >= 0.3 is 5.97 Å². The number of hydrogen-bond acceptors (Lipinski definition) is 7. The van der Waals surface area contributed by atoms with Crippen molar-refractivity contribution in [1.82, 2.24) is 20.4 Å². The number of aromatic nitrogens is 3. The van der Waals surface area contributed by atoms with Crippen LogP contribution in [0.15, 0.2) is 34.1 Å². The first-order chi connectivity index (χ1) is 14.0. The highest BCUT2D eigenvalue weighted by atomic mass is 19.1. The van der Waals surface area contributed by atoms with E-state index >= 15 is 0 Å². The molecule has 0 aromatic carbocycles. The van der Waals surface area contributed by atoms with E-state index in [1.807, 2.05) is 0 Å². The second kappa shape index (κ2) is 9.37. The number of carboxylic acids is 1. The number of hydrogen-bond donors (Lipinski definition) is 2. The van der Waals surface area contributed by atoms with E-state index in [4.69, 9.17) is 9.26 Å². The molecule has 1 aliphatic carbocycles. The number of nitrogens with one attached hydrogen (secondary N) is 1. The summed E-state index contributed by atoms with van der Waals surface area (Å²) >= 11 is 0. The van der Waals surface area contributed by atoms with Crippen molar-refractivity contribution in [3.05, 3.63) is 41.3 Å². The number of rotatable bonds is 8. The van der Waals surface area contributed by atoms with Gasteiger partial charge in [0.05, 0.1) is 11.8 Å². The third kappa shape index (κ3) is 5.44. The number of halogens is 1. The fourth-order valence-electron chi connectivity index (χ4n) is 3.17. The van der Waals surface area contributed by atoms with Crippen molar-refractivity contribution in [3.8, 4) is 11.5 Å². The van der Waals surface area contributed by atoms with E-state index in [0.717, 1.165) is 6.20 Å². The first-order valence-corrected chi connectivity index (χ1v) is 9.15. The number of methoxy groups -OCH3 is 1. The Bertz CT molecular complexity index is 910. The molecule has 2 aromatic heterocycles. The first-order valence-electron chi connectivity index (χ1n) is 9.15. The molecule has 154 valence electrons. The van der Waals surface area contributed by atoms with Gasteiger partial charge in [0.2, 0.25) is 17.6 Å². The van der Waals surface area contributed by atoms with Gasteiger partial charge in [-0.15, -0.1) is 0 Å². The molecule has 10 heteroatoms. The molecule has 2 aromatic rings. The van der Waals surface area contributed by atoms with E-state index in [2.05, 4.69) is 20.4 Å². The summed E-state index contributed by atoms with van der Waals surface area (Å²) in [5.41, 5.74) is 1.01. The molecular formula is C19H21FN4O5. The summed E-state index contributed by atoms with van der Waals surface area (Å²) in [5.74, 6) is -1.23. The lowest BCUT2D eigenvalue weighted by Gasteiger charge is -2.25. The van der Waals surface area contributed by atoms with Gasteiger partial charge in [-0.1, -0.05) is 5.16 Å². The van der Waals surface area contributed by atoms with E-state index in [9.17, 15) is 19.1 Å². The number of carbonyl (C=O) groups is 2. The Morgan fingerprint density at radius 3 is 2.93 bits per heavy atom. The number of allylic oxidation sites excluding steroid dienone is 1. The number of aryl methyl sites for hydroxylation is 1. The molecule has 0 saturated heterocycles. The molecular weight excluding hydrogens is 383 g/mol. The molecule has 1 amide bonds. The molecule has 0 bridgehead atoms. The fourth-order valence-corrected chi connectivity index (χ4v) is 3.17. The van der Waals surface area contributed by atoms with Gasteiger partial charge in [0.15, 0.2) is 0 Å². The van der Waals surface area contributed by atoms with Crippen LogP contribution in [0.2, 0.25) is 0 Å². The summed E-state index contributed by atoms with van der Waals surface area (Å²) in [6, 6.07) is 2.66. The van der Waals surface area contributed by atoms with Gasteiger partial charge in [0, 0.05) is 32.3 Å². The van der Waals surface area contributed by atoms with E-state index in [-0.39, 0.29) is 42.0 Å². The van der Waals surface area contributed by atoms with Gasteiger partial charge in [0.25, 0.3) is 0 Å². The van der Waals surface area contributed by atoms with Crippen LogP contribution in [-0.4, -0.2) is 45.8 Å². The molecule has 2 N–H and O–H groups in total. The van der Waals surface area contributed by atoms with Crippen molar-refractivity contribution in [1.29, 1.82) is 0 Å². The van der Waals surface area contributed by atoms with E-state index in [1.54, 1.807) is 7.11 Å². The number of aliphatic carboxylic acids is 1. The zero-order valence-corrected chi connectivity index (χ0v) is 15.9. The average Bonchev–Trinajstić information content (AvgIpc) is 3.16. The number of carbonyl (C=O) groups excluding carboxylic acids is 1. The summed E-state index contributed by atoms with van der Waals surface area (Å²) in [5, 5.41) is 15.9. The fraction of sp³-hybridized carbons (Fsp3) is 0.421. The zero-order chi connectivity index (χ0) is 20.8.